The summed E-state index contributed by atoms with van der Waals surface area (Å²) in [5, 5.41) is 10.2. The van der Waals surface area contributed by atoms with Crippen molar-refractivity contribution in [3.63, 3.8) is 0 Å². The molecule has 88 valence electrons. The van der Waals surface area contributed by atoms with Gasteiger partial charge in [-0.3, -0.25) is 0 Å². The molecule has 0 amide bonds. The lowest BCUT2D eigenvalue weighted by atomic mass is 9.94. The number of hydrogen-bond donors (Lipinski definition) is 1. The smallest absolute Gasteiger partial charge is 0.119 e. The maximum atomic E-state index is 10.2. The molecule has 0 aliphatic carbocycles. The van der Waals surface area contributed by atoms with Crippen LogP contribution < -0.4 is 4.74 Å². The van der Waals surface area contributed by atoms with Gasteiger partial charge in [0.05, 0.1) is 19.3 Å². The summed E-state index contributed by atoms with van der Waals surface area (Å²) < 4.78 is 11.4. The van der Waals surface area contributed by atoms with Crippen molar-refractivity contribution in [2.45, 2.75) is 18.4 Å². The molecule has 16 heavy (non-hydrogen) atoms. The third-order valence-electron chi connectivity index (χ3n) is 2.85. The Kier molecular flexibility index (Phi) is 3.52. The number of methoxy groups -OCH3 is 1. The number of ether oxygens (including phenoxy) is 2. The molecule has 0 spiro atoms. The molecular formula is C12H15BrO3. The number of aliphatic hydroxyl groups is 1. The summed E-state index contributed by atoms with van der Waals surface area (Å²) in [7, 11) is 1.64. The molecule has 0 bridgehead atoms. The van der Waals surface area contributed by atoms with E-state index in [1.165, 1.54) is 0 Å². The van der Waals surface area contributed by atoms with Gasteiger partial charge in [-0.2, -0.15) is 0 Å². The van der Waals surface area contributed by atoms with Crippen molar-refractivity contribution in [2.24, 2.45) is 0 Å². The molecule has 1 saturated heterocycles. The van der Waals surface area contributed by atoms with Gasteiger partial charge in [-0.1, -0.05) is 15.9 Å². The van der Waals surface area contributed by atoms with Crippen LogP contribution in [-0.4, -0.2) is 31.0 Å². The lowest BCUT2D eigenvalue weighted by Gasteiger charge is -2.21. The van der Waals surface area contributed by atoms with Crippen molar-refractivity contribution in [1.29, 1.82) is 0 Å². The Labute approximate surface area is 104 Å². The highest BCUT2D eigenvalue weighted by Gasteiger charge is 2.32. The Balaban J connectivity index is 2.19. The number of benzene rings is 1. The monoisotopic (exact) mass is 286 g/mol. The van der Waals surface area contributed by atoms with Gasteiger partial charge in [-0.25, -0.2) is 0 Å². The van der Waals surface area contributed by atoms with Crippen molar-refractivity contribution in [3.8, 4) is 5.75 Å². The lowest BCUT2D eigenvalue weighted by Crippen LogP contribution is -2.31. The fourth-order valence-electron chi connectivity index (χ4n) is 1.90. The van der Waals surface area contributed by atoms with Crippen LogP contribution >= 0.6 is 15.9 Å². The summed E-state index contributed by atoms with van der Waals surface area (Å²) in [6.07, 6.45) is 1.28. The second-order valence-corrected chi connectivity index (χ2v) is 5.02. The van der Waals surface area contributed by atoms with E-state index in [1.807, 2.05) is 18.2 Å². The van der Waals surface area contributed by atoms with Crippen LogP contribution in [-0.2, 0) is 11.2 Å². The SMILES string of the molecule is COc1ccc(Br)c(CC2(O)CCOC2)c1. The van der Waals surface area contributed by atoms with Crippen LogP contribution in [0.4, 0.5) is 0 Å². The van der Waals surface area contributed by atoms with Crippen LogP contribution in [0.1, 0.15) is 12.0 Å². The van der Waals surface area contributed by atoms with Crippen LogP contribution in [0.5, 0.6) is 5.75 Å². The van der Waals surface area contributed by atoms with Crippen molar-refractivity contribution in [3.05, 3.63) is 28.2 Å². The average Bonchev–Trinajstić information content (AvgIpc) is 2.68. The molecule has 1 aromatic carbocycles. The van der Waals surface area contributed by atoms with Crippen molar-refractivity contribution in [2.75, 3.05) is 20.3 Å². The second kappa shape index (κ2) is 4.73. The van der Waals surface area contributed by atoms with E-state index in [0.29, 0.717) is 26.1 Å². The zero-order valence-electron chi connectivity index (χ0n) is 9.20. The second-order valence-electron chi connectivity index (χ2n) is 4.16. The standard InChI is InChI=1S/C12H15BrO3/c1-15-10-2-3-11(13)9(6-10)7-12(14)4-5-16-8-12/h2-3,6,14H,4-5,7-8H2,1H3. The van der Waals surface area contributed by atoms with Gasteiger partial charge < -0.3 is 14.6 Å². The Morgan fingerprint density at radius 1 is 1.56 bits per heavy atom. The minimum absolute atomic E-state index is 0.413. The van der Waals surface area contributed by atoms with E-state index in [4.69, 9.17) is 9.47 Å². The third-order valence-corrected chi connectivity index (χ3v) is 3.63. The van der Waals surface area contributed by atoms with E-state index < -0.39 is 5.60 Å². The zero-order valence-corrected chi connectivity index (χ0v) is 10.8. The normalized spacial score (nSPS) is 24.7. The first-order valence-corrected chi connectivity index (χ1v) is 6.05. The van der Waals surface area contributed by atoms with Gasteiger partial charge in [0.1, 0.15) is 5.75 Å². The molecule has 1 aromatic rings. The highest BCUT2D eigenvalue weighted by molar-refractivity contribution is 9.10. The van der Waals surface area contributed by atoms with Crippen LogP contribution in [0.15, 0.2) is 22.7 Å². The summed E-state index contributed by atoms with van der Waals surface area (Å²) in [5.41, 5.74) is 0.321. The molecule has 2 rings (SSSR count). The number of halogens is 1. The van der Waals surface area contributed by atoms with Crippen LogP contribution in [0.2, 0.25) is 0 Å². The first-order valence-electron chi connectivity index (χ1n) is 5.25. The van der Waals surface area contributed by atoms with Crippen molar-refractivity contribution < 1.29 is 14.6 Å². The molecule has 4 heteroatoms. The number of hydrogen-bond acceptors (Lipinski definition) is 3. The predicted octanol–water partition coefficient (Wildman–Crippen LogP) is 2.15. The maximum absolute atomic E-state index is 10.2. The molecular weight excluding hydrogens is 272 g/mol. The van der Waals surface area contributed by atoms with Crippen molar-refractivity contribution in [1.82, 2.24) is 0 Å². The van der Waals surface area contributed by atoms with Gasteiger partial charge in [-0.05, 0) is 23.8 Å². The third kappa shape index (κ3) is 2.56. The fourth-order valence-corrected chi connectivity index (χ4v) is 2.29. The molecule has 1 N–H and O–H groups in total. The molecule has 0 saturated carbocycles. The molecule has 3 nitrogen and oxygen atoms in total. The van der Waals surface area contributed by atoms with Crippen LogP contribution in [0, 0.1) is 0 Å². The average molecular weight is 287 g/mol. The largest absolute Gasteiger partial charge is 0.497 e. The number of rotatable bonds is 3. The topological polar surface area (TPSA) is 38.7 Å². The van der Waals surface area contributed by atoms with Crippen molar-refractivity contribution >= 4 is 15.9 Å². The summed E-state index contributed by atoms with van der Waals surface area (Å²) in [4.78, 5) is 0. The minimum atomic E-state index is -0.727. The predicted molar refractivity (Wildman–Crippen MR) is 64.8 cm³/mol. The van der Waals surface area contributed by atoms with Crippen LogP contribution in [0.25, 0.3) is 0 Å². The Morgan fingerprint density at radius 3 is 3.00 bits per heavy atom. The molecule has 0 aromatic heterocycles. The summed E-state index contributed by atoms with van der Waals surface area (Å²) in [5.74, 6) is 0.806. The van der Waals surface area contributed by atoms with E-state index in [-0.39, 0.29) is 0 Å². The Bertz CT molecular complexity index is 373. The Morgan fingerprint density at radius 2 is 2.38 bits per heavy atom. The van der Waals surface area contributed by atoms with Gasteiger partial charge in [0, 0.05) is 23.9 Å². The van der Waals surface area contributed by atoms with Gasteiger partial charge in [0.15, 0.2) is 0 Å². The quantitative estimate of drug-likeness (QED) is 0.925. The molecule has 1 aliphatic heterocycles. The molecule has 1 heterocycles. The van der Waals surface area contributed by atoms with E-state index >= 15 is 0 Å². The minimum Gasteiger partial charge on any atom is -0.497 e. The molecule has 0 radical (unpaired) electrons. The van der Waals surface area contributed by atoms with Gasteiger partial charge in [-0.15, -0.1) is 0 Å². The molecule has 1 atom stereocenters. The van der Waals surface area contributed by atoms with Gasteiger partial charge in [0.2, 0.25) is 0 Å². The lowest BCUT2D eigenvalue weighted by molar-refractivity contribution is 0.0269. The highest BCUT2D eigenvalue weighted by atomic mass is 79.9. The van der Waals surface area contributed by atoms with E-state index in [2.05, 4.69) is 15.9 Å². The van der Waals surface area contributed by atoms with E-state index in [1.54, 1.807) is 7.11 Å². The summed E-state index contributed by atoms with van der Waals surface area (Å²) in [6.45, 7) is 1.05. The molecule has 1 unspecified atom stereocenters. The summed E-state index contributed by atoms with van der Waals surface area (Å²) in [6, 6.07) is 5.77. The van der Waals surface area contributed by atoms with Crippen LogP contribution in [0.3, 0.4) is 0 Å². The van der Waals surface area contributed by atoms with E-state index in [9.17, 15) is 5.11 Å². The molecule has 1 aliphatic rings. The Hall–Kier alpha value is -0.580. The maximum Gasteiger partial charge on any atom is 0.119 e. The fraction of sp³-hybridized carbons (Fsp3) is 0.500. The highest BCUT2D eigenvalue weighted by Crippen LogP contribution is 2.29. The van der Waals surface area contributed by atoms with Gasteiger partial charge in [0.25, 0.3) is 0 Å². The summed E-state index contributed by atoms with van der Waals surface area (Å²) >= 11 is 3.48. The van der Waals surface area contributed by atoms with E-state index in [0.717, 1.165) is 15.8 Å². The first-order chi connectivity index (χ1) is 7.63. The zero-order chi connectivity index (χ0) is 11.6. The molecule has 1 fully saturated rings. The first kappa shape index (κ1) is 11.9. The van der Waals surface area contributed by atoms with Gasteiger partial charge >= 0.3 is 0 Å².